The van der Waals surface area contributed by atoms with Crippen LogP contribution in [0.1, 0.15) is 49.4 Å². The highest BCUT2D eigenvalue weighted by Gasteiger charge is 2.18. The van der Waals surface area contributed by atoms with E-state index in [2.05, 4.69) is 16.0 Å². The molecule has 0 atom stereocenters. The molecular weight excluding hydrogens is 338 g/mol. The first kappa shape index (κ1) is 19.4. The minimum Gasteiger partial charge on any atom is -0.452 e. The Bertz CT molecular complexity index is 683. The summed E-state index contributed by atoms with van der Waals surface area (Å²) in [6, 6.07) is 5.65. The number of anilines is 1. The van der Waals surface area contributed by atoms with E-state index < -0.39 is 24.5 Å². The summed E-state index contributed by atoms with van der Waals surface area (Å²) in [5, 5.41) is 7.44. The average Bonchev–Trinajstić information content (AvgIpc) is 2.60. The van der Waals surface area contributed by atoms with E-state index in [1.807, 2.05) is 0 Å². The zero-order valence-electron chi connectivity index (χ0n) is 14.7. The third kappa shape index (κ3) is 6.54. The van der Waals surface area contributed by atoms with E-state index in [1.54, 1.807) is 12.1 Å². The summed E-state index contributed by atoms with van der Waals surface area (Å²) in [7, 11) is 0. The summed E-state index contributed by atoms with van der Waals surface area (Å²) in [4.78, 5) is 46.5. The molecule has 0 aliphatic heterocycles. The monoisotopic (exact) mass is 361 g/mol. The van der Waals surface area contributed by atoms with Crippen molar-refractivity contribution in [2.45, 2.75) is 45.1 Å². The smallest absolute Gasteiger partial charge is 0.338 e. The number of amides is 4. The Morgan fingerprint density at radius 2 is 1.85 bits per heavy atom. The first-order valence-electron chi connectivity index (χ1n) is 8.59. The van der Waals surface area contributed by atoms with Crippen molar-refractivity contribution in [1.29, 1.82) is 0 Å². The van der Waals surface area contributed by atoms with E-state index in [4.69, 9.17) is 4.74 Å². The quantitative estimate of drug-likeness (QED) is 0.694. The number of imide groups is 1. The van der Waals surface area contributed by atoms with E-state index in [-0.39, 0.29) is 17.5 Å². The number of nitrogens with one attached hydrogen (secondary N) is 3. The molecule has 1 aromatic carbocycles. The second-order valence-electron chi connectivity index (χ2n) is 6.19. The van der Waals surface area contributed by atoms with Crippen molar-refractivity contribution in [3.63, 3.8) is 0 Å². The molecule has 0 spiro atoms. The Labute approximate surface area is 151 Å². The number of hydrogen-bond donors (Lipinski definition) is 3. The highest BCUT2D eigenvalue weighted by molar-refractivity contribution is 5.97. The van der Waals surface area contributed by atoms with Gasteiger partial charge < -0.3 is 15.4 Å². The predicted octanol–water partition coefficient (Wildman–Crippen LogP) is 1.96. The number of ether oxygens (including phenoxy) is 1. The Kier molecular flexibility index (Phi) is 7.13. The SMILES string of the molecule is CC(=O)Nc1cccc(C(=O)OCC(=O)NC(=O)NC2CCCCC2)c1. The second kappa shape index (κ2) is 9.55. The molecule has 1 saturated carbocycles. The standard InChI is InChI=1S/C18H23N3O5/c1-12(22)19-15-9-5-6-13(10-15)17(24)26-11-16(23)21-18(25)20-14-7-3-2-4-8-14/h5-6,9-10,14H,2-4,7-8,11H2,1H3,(H,19,22)(H2,20,21,23,25). The van der Waals surface area contributed by atoms with Crippen molar-refractivity contribution in [3.05, 3.63) is 29.8 Å². The van der Waals surface area contributed by atoms with Crippen molar-refractivity contribution < 1.29 is 23.9 Å². The van der Waals surface area contributed by atoms with Crippen LogP contribution in [0.25, 0.3) is 0 Å². The molecule has 0 bridgehead atoms. The van der Waals surface area contributed by atoms with Gasteiger partial charge in [0.1, 0.15) is 0 Å². The van der Waals surface area contributed by atoms with Crippen molar-refractivity contribution in [3.8, 4) is 0 Å². The van der Waals surface area contributed by atoms with Crippen LogP contribution in [0, 0.1) is 0 Å². The van der Waals surface area contributed by atoms with Gasteiger partial charge in [-0.2, -0.15) is 0 Å². The summed E-state index contributed by atoms with van der Waals surface area (Å²) >= 11 is 0. The minimum absolute atomic E-state index is 0.0793. The Hall–Kier alpha value is -2.90. The van der Waals surface area contributed by atoms with E-state index >= 15 is 0 Å². The van der Waals surface area contributed by atoms with Crippen molar-refractivity contribution in [2.24, 2.45) is 0 Å². The van der Waals surface area contributed by atoms with Crippen LogP contribution in [0.3, 0.4) is 0 Å². The summed E-state index contributed by atoms with van der Waals surface area (Å²) in [6.07, 6.45) is 5.10. The topological polar surface area (TPSA) is 114 Å². The maximum Gasteiger partial charge on any atom is 0.338 e. The van der Waals surface area contributed by atoms with E-state index in [0.717, 1.165) is 32.1 Å². The lowest BCUT2D eigenvalue weighted by Crippen LogP contribution is -2.46. The number of carbonyl (C=O) groups is 4. The zero-order valence-corrected chi connectivity index (χ0v) is 14.7. The summed E-state index contributed by atoms with van der Waals surface area (Å²) in [6.45, 7) is 0.787. The highest BCUT2D eigenvalue weighted by atomic mass is 16.5. The van der Waals surface area contributed by atoms with Gasteiger partial charge in [-0.15, -0.1) is 0 Å². The van der Waals surface area contributed by atoms with Gasteiger partial charge in [-0.3, -0.25) is 14.9 Å². The fourth-order valence-corrected chi connectivity index (χ4v) is 2.77. The normalized spacial score (nSPS) is 14.2. The van der Waals surface area contributed by atoms with Crippen LogP contribution in [0.15, 0.2) is 24.3 Å². The lowest BCUT2D eigenvalue weighted by molar-refractivity contribution is -0.123. The Morgan fingerprint density at radius 3 is 2.54 bits per heavy atom. The molecular formula is C18H23N3O5. The molecule has 0 radical (unpaired) electrons. The van der Waals surface area contributed by atoms with Gasteiger partial charge in [0.15, 0.2) is 6.61 Å². The van der Waals surface area contributed by atoms with Crippen LogP contribution in [0.5, 0.6) is 0 Å². The van der Waals surface area contributed by atoms with E-state index in [0.29, 0.717) is 5.69 Å². The van der Waals surface area contributed by atoms with Gasteiger partial charge in [-0.05, 0) is 31.0 Å². The number of benzene rings is 1. The fourth-order valence-electron chi connectivity index (χ4n) is 2.77. The Morgan fingerprint density at radius 1 is 1.12 bits per heavy atom. The number of urea groups is 1. The molecule has 0 saturated heterocycles. The second-order valence-corrected chi connectivity index (χ2v) is 6.19. The molecule has 1 aliphatic rings. The number of esters is 1. The molecule has 1 aromatic rings. The maximum absolute atomic E-state index is 12.0. The Balaban J connectivity index is 1.76. The van der Waals surface area contributed by atoms with Crippen LogP contribution in [-0.4, -0.2) is 36.5 Å². The van der Waals surface area contributed by atoms with Crippen LogP contribution in [0.2, 0.25) is 0 Å². The molecule has 8 heteroatoms. The zero-order chi connectivity index (χ0) is 18.9. The van der Waals surface area contributed by atoms with Gasteiger partial charge in [-0.1, -0.05) is 25.3 Å². The average molecular weight is 361 g/mol. The highest BCUT2D eigenvalue weighted by Crippen LogP contribution is 2.17. The van der Waals surface area contributed by atoms with Crippen LogP contribution in [-0.2, 0) is 14.3 Å². The van der Waals surface area contributed by atoms with Gasteiger partial charge in [0, 0.05) is 18.7 Å². The van der Waals surface area contributed by atoms with Gasteiger partial charge in [-0.25, -0.2) is 9.59 Å². The number of rotatable bonds is 5. The molecule has 0 heterocycles. The first-order chi connectivity index (χ1) is 12.4. The number of carbonyl (C=O) groups excluding carboxylic acids is 4. The van der Waals surface area contributed by atoms with E-state index in [9.17, 15) is 19.2 Å². The third-order valence-corrected chi connectivity index (χ3v) is 3.95. The summed E-state index contributed by atoms with van der Waals surface area (Å²) in [5.74, 6) is -1.69. The largest absolute Gasteiger partial charge is 0.452 e. The lowest BCUT2D eigenvalue weighted by Gasteiger charge is -2.22. The maximum atomic E-state index is 12.0. The minimum atomic E-state index is -0.722. The number of hydrogen-bond acceptors (Lipinski definition) is 5. The molecule has 0 aromatic heterocycles. The molecule has 1 fully saturated rings. The van der Waals surface area contributed by atoms with Crippen LogP contribution >= 0.6 is 0 Å². The van der Waals surface area contributed by atoms with E-state index in [1.165, 1.54) is 19.1 Å². The molecule has 0 unspecified atom stereocenters. The van der Waals surface area contributed by atoms with Crippen LogP contribution in [0.4, 0.5) is 10.5 Å². The predicted molar refractivity (Wildman–Crippen MR) is 94.6 cm³/mol. The van der Waals surface area contributed by atoms with Gasteiger partial charge in [0.05, 0.1) is 5.56 Å². The van der Waals surface area contributed by atoms with Gasteiger partial charge >= 0.3 is 12.0 Å². The van der Waals surface area contributed by atoms with Crippen molar-refractivity contribution in [2.75, 3.05) is 11.9 Å². The third-order valence-electron chi connectivity index (χ3n) is 3.95. The molecule has 3 N–H and O–H groups in total. The molecule has 1 aliphatic carbocycles. The lowest BCUT2D eigenvalue weighted by atomic mass is 9.96. The molecule has 4 amide bonds. The van der Waals surface area contributed by atoms with Crippen molar-refractivity contribution in [1.82, 2.24) is 10.6 Å². The molecule has 8 nitrogen and oxygen atoms in total. The van der Waals surface area contributed by atoms with Crippen molar-refractivity contribution >= 4 is 29.5 Å². The summed E-state index contributed by atoms with van der Waals surface area (Å²) < 4.78 is 4.90. The van der Waals surface area contributed by atoms with Gasteiger partial charge in [0.2, 0.25) is 5.91 Å². The molecule has 2 rings (SSSR count). The summed E-state index contributed by atoms with van der Waals surface area (Å²) in [5.41, 5.74) is 0.638. The molecule has 140 valence electrons. The first-order valence-corrected chi connectivity index (χ1v) is 8.59. The molecule has 26 heavy (non-hydrogen) atoms. The van der Waals surface area contributed by atoms with Gasteiger partial charge in [0.25, 0.3) is 5.91 Å². The van der Waals surface area contributed by atoms with Crippen LogP contribution < -0.4 is 16.0 Å². The fraction of sp³-hybridized carbons (Fsp3) is 0.444.